The maximum atomic E-state index is 13.7. The highest BCUT2D eigenvalue weighted by Crippen LogP contribution is 2.19. The van der Waals surface area contributed by atoms with E-state index in [1.165, 1.54) is 24.5 Å². The fourth-order valence-corrected chi connectivity index (χ4v) is 2.87. The van der Waals surface area contributed by atoms with Gasteiger partial charge in [-0.2, -0.15) is 0 Å². The number of carbonyl (C=O) groups is 1. The first kappa shape index (κ1) is 13.9. The molecule has 1 aliphatic rings. The molecule has 0 bridgehead atoms. The summed E-state index contributed by atoms with van der Waals surface area (Å²) >= 11 is 0. The minimum absolute atomic E-state index is 0.194. The van der Waals surface area contributed by atoms with Crippen molar-refractivity contribution in [2.45, 2.75) is 25.9 Å². The van der Waals surface area contributed by atoms with Gasteiger partial charge in [0.25, 0.3) is 5.91 Å². The Labute approximate surface area is 122 Å². The van der Waals surface area contributed by atoms with Gasteiger partial charge in [0.05, 0.1) is 11.1 Å². The number of piperazine rings is 1. The predicted octanol–water partition coefficient (Wildman–Crippen LogP) is 1.59. The van der Waals surface area contributed by atoms with Crippen LogP contribution in [0.4, 0.5) is 4.39 Å². The molecule has 0 saturated carbocycles. The molecule has 3 rings (SSSR count). The molecule has 6 heteroatoms. The monoisotopic (exact) mass is 288 g/mol. The fourth-order valence-electron chi connectivity index (χ4n) is 2.87. The quantitative estimate of drug-likeness (QED) is 0.866. The second-order valence-corrected chi connectivity index (χ2v) is 5.56. The maximum Gasteiger partial charge on any atom is 0.256 e. The zero-order valence-corrected chi connectivity index (χ0v) is 12.0. The van der Waals surface area contributed by atoms with E-state index in [4.69, 9.17) is 0 Å². The largest absolute Gasteiger partial charge is 0.335 e. The standard InChI is InChI=1S/C15H17FN4O/c1-9-7-20(8-10(2)19-9)15(21)12-5-11(16)6-13-14(12)18-4-3-17-13/h3-6,9-10,19H,7-8H2,1-2H3/t9-,10-/m1/s1. The lowest BCUT2D eigenvalue weighted by Gasteiger charge is -2.36. The van der Waals surface area contributed by atoms with Crippen molar-refractivity contribution in [3.8, 4) is 0 Å². The molecule has 110 valence electrons. The van der Waals surface area contributed by atoms with E-state index < -0.39 is 5.82 Å². The van der Waals surface area contributed by atoms with Crippen LogP contribution in [0, 0.1) is 5.82 Å². The Balaban J connectivity index is 2.01. The Bertz CT molecular complexity index is 680. The van der Waals surface area contributed by atoms with E-state index in [-0.39, 0.29) is 23.6 Å². The van der Waals surface area contributed by atoms with Gasteiger partial charge in [-0.25, -0.2) is 4.39 Å². The van der Waals surface area contributed by atoms with Crippen molar-refractivity contribution in [2.75, 3.05) is 13.1 Å². The number of nitrogens with zero attached hydrogens (tertiary/aromatic N) is 3. The SMILES string of the molecule is C[C@@H]1CN(C(=O)c2cc(F)cc3nccnc23)C[C@@H](C)N1. The summed E-state index contributed by atoms with van der Waals surface area (Å²) < 4.78 is 13.7. The Hall–Kier alpha value is -2.08. The molecule has 21 heavy (non-hydrogen) atoms. The summed E-state index contributed by atoms with van der Waals surface area (Å²) in [4.78, 5) is 22.7. The molecule has 0 unspecified atom stereocenters. The summed E-state index contributed by atoms with van der Waals surface area (Å²) in [5, 5.41) is 3.37. The highest BCUT2D eigenvalue weighted by Gasteiger charge is 2.27. The van der Waals surface area contributed by atoms with Gasteiger partial charge in [0.15, 0.2) is 0 Å². The van der Waals surface area contributed by atoms with Gasteiger partial charge in [-0.1, -0.05) is 0 Å². The molecule has 1 aromatic heterocycles. The van der Waals surface area contributed by atoms with Crippen LogP contribution < -0.4 is 5.32 Å². The van der Waals surface area contributed by atoms with Crippen LogP contribution >= 0.6 is 0 Å². The van der Waals surface area contributed by atoms with Gasteiger partial charge in [0.1, 0.15) is 11.3 Å². The number of fused-ring (bicyclic) bond motifs is 1. The van der Waals surface area contributed by atoms with Crippen molar-refractivity contribution in [3.05, 3.63) is 35.9 Å². The van der Waals surface area contributed by atoms with Crippen LogP contribution in [0.1, 0.15) is 24.2 Å². The molecule has 5 nitrogen and oxygen atoms in total. The van der Waals surface area contributed by atoms with Crippen LogP contribution in [-0.2, 0) is 0 Å². The van der Waals surface area contributed by atoms with Crippen LogP contribution in [0.25, 0.3) is 11.0 Å². The van der Waals surface area contributed by atoms with Crippen molar-refractivity contribution >= 4 is 16.9 Å². The Morgan fingerprint density at radius 1 is 1.24 bits per heavy atom. The highest BCUT2D eigenvalue weighted by atomic mass is 19.1. The third kappa shape index (κ3) is 2.71. The first-order valence-electron chi connectivity index (χ1n) is 7.00. The van der Waals surface area contributed by atoms with Crippen LogP contribution in [0.5, 0.6) is 0 Å². The van der Waals surface area contributed by atoms with Crippen molar-refractivity contribution in [3.63, 3.8) is 0 Å². The zero-order valence-electron chi connectivity index (χ0n) is 12.0. The molecule has 1 amide bonds. The average Bonchev–Trinajstić information content (AvgIpc) is 2.44. The second kappa shape index (κ2) is 5.37. The van der Waals surface area contributed by atoms with Gasteiger partial charge >= 0.3 is 0 Å². The number of hydrogen-bond acceptors (Lipinski definition) is 4. The maximum absolute atomic E-state index is 13.7. The van der Waals surface area contributed by atoms with Crippen molar-refractivity contribution in [1.29, 1.82) is 0 Å². The number of halogens is 1. The number of carbonyl (C=O) groups excluding carboxylic acids is 1. The molecule has 1 aromatic carbocycles. The molecular formula is C15H17FN4O. The summed E-state index contributed by atoms with van der Waals surface area (Å²) in [6.07, 6.45) is 3.00. The van der Waals surface area contributed by atoms with E-state index in [0.717, 1.165) is 0 Å². The lowest BCUT2D eigenvalue weighted by atomic mass is 10.1. The third-order valence-corrected chi connectivity index (χ3v) is 3.61. The molecular weight excluding hydrogens is 271 g/mol. The average molecular weight is 288 g/mol. The Morgan fingerprint density at radius 3 is 2.62 bits per heavy atom. The summed E-state index contributed by atoms with van der Waals surface area (Å²) in [5.74, 6) is -0.664. The van der Waals surface area contributed by atoms with Crippen LogP contribution in [0.3, 0.4) is 0 Å². The van der Waals surface area contributed by atoms with Gasteiger partial charge in [0, 0.05) is 43.6 Å². The molecule has 1 aliphatic heterocycles. The van der Waals surface area contributed by atoms with E-state index in [1.807, 2.05) is 13.8 Å². The summed E-state index contributed by atoms with van der Waals surface area (Å²) in [5.41, 5.74) is 1.12. The summed E-state index contributed by atoms with van der Waals surface area (Å²) in [6.45, 7) is 5.25. The fraction of sp³-hybridized carbons (Fsp3) is 0.400. The van der Waals surface area contributed by atoms with E-state index in [1.54, 1.807) is 4.90 Å². The topological polar surface area (TPSA) is 58.1 Å². The first-order chi connectivity index (χ1) is 10.0. The molecule has 2 aromatic rings. The number of nitrogens with one attached hydrogen (secondary N) is 1. The molecule has 2 heterocycles. The third-order valence-electron chi connectivity index (χ3n) is 3.61. The minimum Gasteiger partial charge on any atom is -0.335 e. The predicted molar refractivity (Wildman–Crippen MR) is 77.5 cm³/mol. The molecule has 2 atom stereocenters. The second-order valence-electron chi connectivity index (χ2n) is 5.56. The van der Waals surface area contributed by atoms with E-state index in [0.29, 0.717) is 24.1 Å². The van der Waals surface area contributed by atoms with Gasteiger partial charge in [0.2, 0.25) is 0 Å². The summed E-state index contributed by atoms with van der Waals surface area (Å²) in [7, 11) is 0. The van der Waals surface area contributed by atoms with Gasteiger partial charge in [-0.3, -0.25) is 14.8 Å². The number of rotatable bonds is 1. The first-order valence-corrected chi connectivity index (χ1v) is 7.00. The zero-order chi connectivity index (χ0) is 15.0. The van der Waals surface area contributed by atoms with Crippen molar-refractivity contribution in [2.24, 2.45) is 0 Å². The highest BCUT2D eigenvalue weighted by molar-refractivity contribution is 6.04. The number of amides is 1. The molecule has 0 radical (unpaired) electrons. The van der Waals surface area contributed by atoms with E-state index >= 15 is 0 Å². The summed E-state index contributed by atoms with van der Waals surface area (Å²) in [6, 6.07) is 2.96. The smallest absolute Gasteiger partial charge is 0.256 e. The Kier molecular flexibility index (Phi) is 3.55. The molecule has 1 saturated heterocycles. The van der Waals surface area contributed by atoms with Gasteiger partial charge < -0.3 is 10.2 Å². The van der Waals surface area contributed by atoms with Crippen molar-refractivity contribution in [1.82, 2.24) is 20.2 Å². The van der Waals surface area contributed by atoms with Gasteiger partial charge in [-0.05, 0) is 19.9 Å². The number of hydrogen-bond donors (Lipinski definition) is 1. The van der Waals surface area contributed by atoms with Crippen LogP contribution in [0.15, 0.2) is 24.5 Å². The van der Waals surface area contributed by atoms with Crippen LogP contribution in [-0.4, -0.2) is 45.9 Å². The Morgan fingerprint density at radius 2 is 1.90 bits per heavy atom. The molecule has 1 fully saturated rings. The normalized spacial score (nSPS) is 22.5. The molecule has 0 aliphatic carbocycles. The molecule has 1 N–H and O–H groups in total. The van der Waals surface area contributed by atoms with Gasteiger partial charge in [-0.15, -0.1) is 0 Å². The number of aromatic nitrogens is 2. The molecule has 0 spiro atoms. The lowest BCUT2D eigenvalue weighted by molar-refractivity contribution is 0.0675. The number of benzene rings is 1. The minimum atomic E-state index is -0.470. The van der Waals surface area contributed by atoms with E-state index in [2.05, 4.69) is 15.3 Å². The van der Waals surface area contributed by atoms with E-state index in [9.17, 15) is 9.18 Å². The van der Waals surface area contributed by atoms with Crippen molar-refractivity contribution < 1.29 is 9.18 Å². The van der Waals surface area contributed by atoms with Crippen LogP contribution in [0.2, 0.25) is 0 Å². The lowest BCUT2D eigenvalue weighted by Crippen LogP contribution is -2.55.